The van der Waals surface area contributed by atoms with Crippen molar-refractivity contribution in [3.63, 3.8) is 0 Å². The van der Waals surface area contributed by atoms with E-state index in [0.717, 1.165) is 31.5 Å². The zero-order valence-electron chi connectivity index (χ0n) is 14.1. The highest BCUT2D eigenvalue weighted by Crippen LogP contribution is 2.20. The van der Waals surface area contributed by atoms with Crippen molar-refractivity contribution >= 4 is 17.0 Å². The van der Waals surface area contributed by atoms with Gasteiger partial charge in [0.15, 0.2) is 0 Å². The minimum Gasteiger partial charge on any atom is -0.350 e. The highest BCUT2D eigenvalue weighted by molar-refractivity contribution is 5.95. The average Bonchev–Trinajstić information content (AvgIpc) is 2.99. The molecule has 0 unspecified atom stereocenters. The molecule has 0 atom stereocenters. The summed E-state index contributed by atoms with van der Waals surface area (Å²) in [6.45, 7) is 3.46. The van der Waals surface area contributed by atoms with Crippen molar-refractivity contribution in [2.75, 3.05) is 13.1 Å². The fourth-order valence-electron chi connectivity index (χ4n) is 3.26. The first kappa shape index (κ1) is 15.6. The van der Waals surface area contributed by atoms with Gasteiger partial charge in [-0.05, 0) is 56.0 Å². The van der Waals surface area contributed by atoms with Crippen LogP contribution in [0.15, 0.2) is 45.8 Å². The molecule has 1 amide bonds. The predicted molar refractivity (Wildman–Crippen MR) is 94.1 cm³/mol. The van der Waals surface area contributed by atoms with Gasteiger partial charge in [-0.3, -0.25) is 9.59 Å². The van der Waals surface area contributed by atoms with Gasteiger partial charge < -0.3 is 9.42 Å². The van der Waals surface area contributed by atoms with E-state index in [1.165, 1.54) is 11.2 Å². The number of nitrogens with zero attached hydrogens (tertiary/aromatic N) is 3. The van der Waals surface area contributed by atoms with Crippen LogP contribution in [0, 0.1) is 6.92 Å². The Morgan fingerprint density at radius 3 is 2.72 bits per heavy atom. The Balaban J connectivity index is 1.78. The Labute approximate surface area is 144 Å². The number of pyridine rings is 1. The van der Waals surface area contributed by atoms with Crippen molar-refractivity contribution in [1.29, 1.82) is 0 Å². The van der Waals surface area contributed by atoms with Crippen LogP contribution >= 0.6 is 0 Å². The molecular weight excluding hydrogens is 318 g/mol. The first-order chi connectivity index (χ1) is 12.1. The predicted octanol–water partition coefficient (Wildman–Crippen LogP) is 2.91. The Morgan fingerprint density at radius 1 is 1.16 bits per heavy atom. The topological polar surface area (TPSA) is 68.3 Å². The Kier molecular flexibility index (Phi) is 3.87. The number of piperidine rings is 1. The summed E-state index contributed by atoms with van der Waals surface area (Å²) in [6, 6.07) is 8.77. The fraction of sp³-hybridized carbons (Fsp3) is 0.316. The van der Waals surface area contributed by atoms with Crippen LogP contribution < -0.4 is 5.56 Å². The van der Waals surface area contributed by atoms with Crippen LogP contribution in [-0.4, -0.2) is 33.6 Å². The van der Waals surface area contributed by atoms with Crippen LogP contribution in [0.4, 0.5) is 0 Å². The summed E-state index contributed by atoms with van der Waals surface area (Å²) in [5, 5.41) is 0.426. The quantitative estimate of drug-likeness (QED) is 0.721. The lowest BCUT2D eigenvalue weighted by Crippen LogP contribution is -2.35. The third-order valence-electron chi connectivity index (χ3n) is 4.68. The van der Waals surface area contributed by atoms with Crippen molar-refractivity contribution in [1.82, 2.24) is 14.6 Å². The fourth-order valence-corrected chi connectivity index (χ4v) is 3.26. The second kappa shape index (κ2) is 6.20. The van der Waals surface area contributed by atoms with Crippen LogP contribution in [0.25, 0.3) is 16.8 Å². The van der Waals surface area contributed by atoms with Gasteiger partial charge in [0, 0.05) is 24.8 Å². The molecular formula is C19H19N3O3. The van der Waals surface area contributed by atoms with E-state index in [9.17, 15) is 9.59 Å². The second-order valence-electron chi connectivity index (χ2n) is 6.40. The van der Waals surface area contributed by atoms with Crippen LogP contribution in [0.5, 0.6) is 0 Å². The minimum atomic E-state index is -0.270. The Bertz CT molecular complexity index is 997. The summed E-state index contributed by atoms with van der Waals surface area (Å²) in [6.07, 6.45) is 4.83. The molecule has 1 saturated heterocycles. The summed E-state index contributed by atoms with van der Waals surface area (Å²) < 4.78 is 6.84. The highest BCUT2D eigenvalue weighted by Gasteiger charge is 2.20. The van der Waals surface area contributed by atoms with Crippen molar-refractivity contribution < 1.29 is 9.32 Å². The average molecular weight is 337 g/mol. The van der Waals surface area contributed by atoms with E-state index in [1.54, 1.807) is 24.4 Å². The maximum absolute atomic E-state index is 12.7. The van der Waals surface area contributed by atoms with Crippen molar-refractivity contribution in [3.8, 4) is 5.69 Å². The van der Waals surface area contributed by atoms with Gasteiger partial charge in [0.1, 0.15) is 5.39 Å². The minimum absolute atomic E-state index is 0.00300. The van der Waals surface area contributed by atoms with Crippen molar-refractivity contribution in [3.05, 3.63) is 58.0 Å². The van der Waals surface area contributed by atoms with Crippen LogP contribution in [0.1, 0.15) is 35.2 Å². The highest BCUT2D eigenvalue weighted by atomic mass is 16.5. The monoisotopic (exact) mass is 337 g/mol. The molecule has 0 N–H and O–H groups in total. The van der Waals surface area contributed by atoms with Gasteiger partial charge in [-0.25, -0.2) is 4.98 Å². The number of rotatable bonds is 2. The number of carbonyl (C=O) groups is 1. The van der Waals surface area contributed by atoms with Gasteiger partial charge in [-0.15, -0.1) is 4.74 Å². The van der Waals surface area contributed by atoms with Gasteiger partial charge in [-0.1, -0.05) is 6.07 Å². The van der Waals surface area contributed by atoms with E-state index >= 15 is 0 Å². The van der Waals surface area contributed by atoms with Gasteiger partial charge in [0.25, 0.3) is 17.2 Å². The molecule has 1 aliphatic heterocycles. The third-order valence-corrected chi connectivity index (χ3v) is 4.68. The lowest BCUT2D eigenvalue weighted by atomic mass is 10.1. The normalized spacial score (nSPS) is 14.8. The van der Waals surface area contributed by atoms with Gasteiger partial charge in [0.05, 0.1) is 5.69 Å². The van der Waals surface area contributed by atoms with Crippen LogP contribution in [0.2, 0.25) is 0 Å². The standard InChI is InChI=1S/C19H19N3O3/c1-13-7-8-14(18(23)21-10-3-2-4-11-21)12-16(13)22-19(24)15-6-5-9-20-17(15)25-22/h5-9,12H,2-4,10-11H2,1H3. The molecule has 1 fully saturated rings. The summed E-state index contributed by atoms with van der Waals surface area (Å²) in [7, 11) is 0. The Morgan fingerprint density at radius 2 is 1.96 bits per heavy atom. The number of aromatic nitrogens is 2. The van der Waals surface area contributed by atoms with E-state index in [4.69, 9.17) is 4.52 Å². The number of hydrogen-bond acceptors (Lipinski definition) is 4. The smallest absolute Gasteiger partial charge is 0.296 e. The molecule has 3 heterocycles. The first-order valence-electron chi connectivity index (χ1n) is 8.52. The largest absolute Gasteiger partial charge is 0.350 e. The number of aryl methyl sites for hydroxylation is 1. The van der Waals surface area contributed by atoms with Gasteiger partial charge in [0.2, 0.25) is 0 Å². The van der Waals surface area contributed by atoms with E-state index in [2.05, 4.69) is 4.98 Å². The molecule has 1 aromatic carbocycles. The molecule has 0 spiro atoms. The molecule has 0 aliphatic carbocycles. The number of fused-ring (bicyclic) bond motifs is 1. The zero-order chi connectivity index (χ0) is 17.4. The van der Waals surface area contributed by atoms with E-state index in [1.807, 2.05) is 24.0 Å². The van der Waals surface area contributed by atoms with E-state index in [-0.39, 0.29) is 11.5 Å². The first-order valence-corrected chi connectivity index (χ1v) is 8.52. The van der Waals surface area contributed by atoms with Crippen LogP contribution in [0.3, 0.4) is 0 Å². The number of amides is 1. The summed E-state index contributed by atoms with van der Waals surface area (Å²) >= 11 is 0. The van der Waals surface area contributed by atoms with E-state index < -0.39 is 0 Å². The molecule has 0 radical (unpaired) electrons. The molecule has 6 nitrogen and oxygen atoms in total. The van der Waals surface area contributed by atoms with Gasteiger partial charge >= 0.3 is 0 Å². The number of hydrogen-bond donors (Lipinski definition) is 0. The lowest BCUT2D eigenvalue weighted by molar-refractivity contribution is 0.0724. The summed E-state index contributed by atoms with van der Waals surface area (Å²) in [5.41, 5.74) is 2.03. The van der Waals surface area contributed by atoms with E-state index in [0.29, 0.717) is 22.4 Å². The van der Waals surface area contributed by atoms with Crippen molar-refractivity contribution in [2.24, 2.45) is 0 Å². The summed E-state index contributed by atoms with van der Waals surface area (Å²) in [5.74, 6) is 0.00300. The molecule has 2 aromatic heterocycles. The SMILES string of the molecule is Cc1ccc(C(=O)N2CCCCC2)cc1-n1oc2ncccc2c1=O. The van der Waals surface area contributed by atoms with Crippen molar-refractivity contribution in [2.45, 2.75) is 26.2 Å². The number of likely N-dealkylation sites (tertiary alicyclic amines) is 1. The molecule has 3 aromatic rings. The molecule has 0 saturated carbocycles. The molecule has 25 heavy (non-hydrogen) atoms. The molecule has 6 heteroatoms. The third kappa shape index (κ3) is 2.73. The maximum Gasteiger partial charge on any atom is 0.296 e. The molecule has 0 bridgehead atoms. The maximum atomic E-state index is 12.7. The molecule has 1 aliphatic rings. The second-order valence-corrected chi connectivity index (χ2v) is 6.40. The lowest BCUT2D eigenvalue weighted by Gasteiger charge is -2.27. The summed E-state index contributed by atoms with van der Waals surface area (Å²) in [4.78, 5) is 31.3. The van der Waals surface area contributed by atoms with Gasteiger partial charge in [-0.2, -0.15) is 0 Å². The molecule has 4 rings (SSSR count). The van der Waals surface area contributed by atoms with Crippen LogP contribution in [-0.2, 0) is 0 Å². The zero-order valence-corrected chi connectivity index (χ0v) is 14.1. The number of benzene rings is 1. The Hall–Kier alpha value is -2.89. The number of carbonyl (C=O) groups excluding carboxylic acids is 1. The molecule has 128 valence electrons.